The molecule has 2 aromatic carbocycles. The van der Waals surface area contributed by atoms with Crippen LogP contribution in [-0.4, -0.2) is 21.7 Å². The third kappa shape index (κ3) is 3.89. The molecule has 0 radical (unpaired) electrons. The van der Waals surface area contributed by atoms with Gasteiger partial charge in [-0.05, 0) is 42.0 Å². The molecule has 0 fully saturated rings. The van der Waals surface area contributed by atoms with Crippen molar-refractivity contribution >= 4 is 40.3 Å². The van der Waals surface area contributed by atoms with E-state index >= 15 is 0 Å². The van der Waals surface area contributed by atoms with E-state index in [4.69, 9.17) is 33.3 Å². The Bertz CT molecular complexity index is 960. The van der Waals surface area contributed by atoms with E-state index in [9.17, 15) is 0 Å². The molecule has 1 aromatic heterocycles. The van der Waals surface area contributed by atoms with Gasteiger partial charge in [-0.25, -0.2) is 0 Å². The first-order chi connectivity index (χ1) is 12.7. The molecule has 0 saturated carbocycles. The number of nitrogens with zero attached hydrogens (tertiary/aromatic N) is 2. The Morgan fingerprint density at radius 1 is 1.12 bits per heavy atom. The van der Waals surface area contributed by atoms with Crippen LogP contribution in [0.5, 0.6) is 11.5 Å². The first-order valence-corrected chi connectivity index (χ1v) is 8.69. The fraction of sp³-hybridized carbons (Fsp3) is 0.111. The summed E-state index contributed by atoms with van der Waals surface area (Å²) in [6.07, 6.45) is 3.40. The van der Waals surface area contributed by atoms with Crippen molar-refractivity contribution in [3.8, 4) is 11.5 Å². The minimum atomic E-state index is 0.246. The fourth-order valence-corrected chi connectivity index (χ4v) is 3.02. The van der Waals surface area contributed by atoms with Crippen molar-refractivity contribution in [3.05, 3.63) is 65.4 Å². The highest BCUT2D eigenvalue weighted by Crippen LogP contribution is 2.34. The van der Waals surface area contributed by atoms with Crippen LogP contribution in [0.3, 0.4) is 0 Å². The zero-order chi connectivity index (χ0) is 17.9. The van der Waals surface area contributed by atoms with E-state index in [-0.39, 0.29) is 6.79 Å². The molecule has 0 saturated heterocycles. The van der Waals surface area contributed by atoms with Gasteiger partial charge in [-0.3, -0.25) is 4.68 Å². The molecular formula is C18H15ClN4O2S. The molecule has 0 unspecified atom stereocenters. The lowest BCUT2D eigenvalue weighted by atomic mass is 10.2. The van der Waals surface area contributed by atoms with Gasteiger partial charge in [-0.15, -0.1) is 0 Å². The molecule has 6 nitrogen and oxygen atoms in total. The van der Waals surface area contributed by atoms with Crippen LogP contribution >= 0.6 is 23.8 Å². The van der Waals surface area contributed by atoms with Crippen molar-refractivity contribution in [1.29, 1.82) is 0 Å². The summed E-state index contributed by atoms with van der Waals surface area (Å²) in [7, 11) is 0. The Labute approximate surface area is 160 Å². The third-order valence-electron chi connectivity index (χ3n) is 3.76. The van der Waals surface area contributed by atoms with Crippen LogP contribution in [0.1, 0.15) is 5.56 Å². The van der Waals surface area contributed by atoms with Crippen LogP contribution < -0.4 is 20.1 Å². The van der Waals surface area contributed by atoms with E-state index in [1.807, 2.05) is 42.5 Å². The molecule has 8 heteroatoms. The SMILES string of the molecule is S=C(Nc1cccc(Cn2cc(Cl)cn2)c1)Nc1ccc2c(c1)OCO2. The molecule has 0 amide bonds. The number of benzene rings is 2. The maximum absolute atomic E-state index is 5.90. The van der Waals surface area contributed by atoms with Crippen molar-refractivity contribution in [2.24, 2.45) is 0 Å². The number of halogens is 1. The molecule has 0 aliphatic carbocycles. The van der Waals surface area contributed by atoms with Crippen LogP contribution in [0.4, 0.5) is 11.4 Å². The lowest BCUT2D eigenvalue weighted by Crippen LogP contribution is -2.19. The first-order valence-electron chi connectivity index (χ1n) is 7.90. The number of aromatic nitrogens is 2. The average Bonchev–Trinajstić information content (AvgIpc) is 3.23. The van der Waals surface area contributed by atoms with Crippen molar-refractivity contribution in [2.45, 2.75) is 6.54 Å². The zero-order valence-electron chi connectivity index (χ0n) is 13.6. The molecule has 2 heterocycles. The molecule has 2 N–H and O–H groups in total. The molecule has 26 heavy (non-hydrogen) atoms. The third-order valence-corrected chi connectivity index (χ3v) is 4.16. The van der Waals surface area contributed by atoms with Crippen molar-refractivity contribution in [3.63, 3.8) is 0 Å². The monoisotopic (exact) mass is 386 g/mol. The Hall–Kier alpha value is -2.77. The summed E-state index contributed by atoms with van der Waals surface area (Å²) in [4.78, 5) is 0. The van der Waals surface area contributed by atoms with E-state index in [1.165, 1.54) is 0 Å². The van der Waals surface area contributed by atoms with Gasteiger partial charge in [0.05, 0.1) is 17.8 Å². The van der Waals surface area contributed by atoms with Gasteiger partial charge in [-0.2, -0.15) is 5.10 Å². The average molecular weight is 387 g/mol. The minimum Gasteiger partial charge on any atom is -0.454 e. The zero-order valence-corrected chi connectivity index (χ0v) is 15.2. The number of nitrogens with one attached hydrogen (secondary N) is 2. The number of hydrogen-bond donors (Lipinski definition) is 2. The minimum absolute atomic E-state index is 0.246. The van der Waals surface area contributed by atoms with Crippen molar-refractivity contribution in [1.82, 2.24) is 9.78 Å². The van der Waals surface area contributed by atoms with Gasteiger partial charge in [0, 0.05) is 23.6 Å². The lowest BCUT2D eigenvalue weighted by molar-refractivity contribution is 0.174. The summed E-state index contributed by atoms with van der Waals surface area (Å²) in [6, 6.07) is 13.5. The normalized spacial score (nSPS) is 12.0. The van der Waals surface area contributed by atoms with E-state index in [0.717, 1.165) is 22.7 Å². The summed E-state index contributed by atoms with van der Waals surface area (Å²) in [6.45, 7) is 0.875. The maximum atomic E-state index is 5.90. The molecular weight excluding hydrogens is 372 g/mol. The topological polar surface area (TPSA) is 60.3 Å². The molecule has 0 bridgehead atoms. The van der Waals surface area contributed by atoms with E-state index in [2.05, 4.69) is 15.7 Å². The molecule has 1 aliphatic heterocycles. The second kappa shape index (κ2) is 7.23. The van der Waals surface area contributed by atoms with Crippen LogP contribution in [0.2, 0.25) is 5.02 Å². The van der Waals surface area contributed by atoms with Crippen LogP contribution in [0, 0.1) is 0 Å². The molecule has 1 aliphatic rings. The number of ether oxygens (including phenoxy) is 2. The van der Waals surface area contributed by atoms with Gasteiger partial charge < -0.3 is 20.1 Å². The summed E-state index contributed by atoms with van der Waals surface area (Å²) >= 11 is 11.3. The fourth-order valence-electron chi connectivity index (χ4n) is 2.63. The summed E-state index contributed by atoms with van der Waals surface area (Å²) in [5.41, 5.74) is 2.80. The smallest absolute Gasteiger partial charge is 0.231 e. The summed E-state index contributed by atoms with van der Waals surface area (Å²) < 4.78 is 12.5. The van der Waals surface area contributed by atoms with Crippen molar-refractivity contribution in [2.75, 3.05) is 17.4 Å². The molecule has 3 aromatic rings. The van der Waals surface area contributed by atoms with Gasteiger partial charge >= 0.3 is 0 Å². The number of anilines is 2. The van der Waals surface area contributed by atoms with Gasteiger partial charge in [0.15, 0.2) is 16.6 Å². The van der Waals surface area contributed by atoms with Crippen LogP contribution in [-0.2, 0) is 6.54 Å². The number of hydrogen-bond acceptors (Lipinski definition) is 4. The summed E-state index contributed by atoms with van der Waals surface area (Å²) in [5, 5.41) is 11.6. The second-order valence-corrected chi connectivity index (χ2v) is 6.55. The molecule has 132 valence electrons. The highest BCUT2D eigenvalue weighted by molar-refractivity contribution is 7.80. The van der Waals surface area contributed by atoms with Crippen LogP contribution in [0.15, 0.2) is 54.9 Å². The first kappa shape index (κ1) is 16.7. The number of thiocarbonyl (C=S) groups is 1. The Morgan fingerprint density at radius 3 is 2.73 bits per heavy atom. The Balaban J connectivity index is 1.40. The standard InChI is InChI=1S/C18H15ClN4O2S/c19-13-8-20-23(10-13)9-12-2-1-3-14(6-12)21-18(26)22-15-4-5-16-17(7-15)25-11-24-16/h1-8,10H,9,11H2,(H2,21,22,26). The van der Waals surface area contributed by atoms with E-state index in [0.29, 0.717) is 22.4 Å². The maximum Gasteiger partial charge on any atom is 0.231 e. The highest BCUT2D eigenvalue weighted by Gasteiger charge is 2.13. The largest absolute Gasteiger partial charge is 0.454 e. The Kier molecular flexibility index (Phi) is 4.64. The van der Waals surface area contributed by atoms with Gasteiger partial charge in [0.25, 0.3) is 0 Å². The molecule has 0 atom stereocenters. The highest BCUT2D eigenvalue weighted by atomic mass is 35.5. The van der Waals surface area contributed by atoms with E-state index < -0.39 is 0 Å². The van der Waals surface area contributed by atoms with E-state index in [1.54, 1.807) is 17.1 Å². The van der Waals surface area contributed by atoms with Crippen LogP contribution in [0.25, 0.3) is 0 Å². The second-order valence-electron chi connectivity index (χ2n) is 5.70. The van der Waals surface area contributed by atoms with Gasteiger partial charge in [-0.1, -0.05) is 23.7 Å². The molecule has 4 rings (SSSR count). The quantitative estimate of drug-likeness (QED) is 0.658. The summed E-state index contributed by atoms with van der Waals surface area (Å²) in [5.74, 6) is 1.44. The van der Waals surface area contributed by atoms with Gasteiger partial charge in [0.1, 0.15) is 0 Å². The molecule has 0 spiro atoms. The number of rotatable bonds is 4. The van der Waals surface area contributed by atoms with Gasteiger partial charge in [0.2, 0.25) is 6.79 Å². The lowest BCUT2D eigenvalue weighted by Gasteiger charge is -2.12. The predicted octanol–water partition coefficient (Wildman–Crippen LogP) is 4.12. The number of fused-ring (bicyclic) bond motifs is 1. The Morgan fingerprint density at radius 2 is 1.92 bits per heavy atom. The van der Waals surface area contributed by atoms with Crippen molar-refractivity contribution < 1.29 is 9.47 Å². The predicted molar refractivity (Wildman–Crippen MR) is 105 cm³/mol.